The van der Waals surface area contributed by atoms with Crippen molar-refractivity contribution >= 4 is 20.0 Å². The van der Waals surface area contributed by atoms with Crippen LogP contribution in [0.5, 0.6) is 0 Å². The molecule has 0 aromatic carbocycles. The van der Waals surface area contributed by atoms with Crippen LogP contribution in [0.15, 0.2) is 4.52 Å². The molecule has 2 saturated carbocycles. The zero-order chi connectivity index (χ0) is 18.7. The van der Waals surface area contributed by atoms with Crippen molar-refractivity contribution in [3.63, 3.8) is 0 Å². The van der Waals surface area contributed by atoms with Crippen LogP contribution in [-0.2, 0) is 25.5 Å². The molecular weight excluding hydrogens is 380 g/mol. The average Bonchev–Trinajstić information content (AvgIpc) is 3.12. The van der Waals surface area contributed by atoms with Crippen LogP contribution in [0.25, 0.3) is 0 Å². The van der Waals surface area contributed by atoms with Crippen molar-refractivity contribution in [1.29, 1.82) is 0 Å². The standard InChI is InChI=1S/C15H24N4O5S2/c1-3-25(20,21)18-12-6-11-8-19(26(22,23)13-4-5-13)9-15(11,7-12)14-16-10(2)17-24-14/h11-13,18H,3-9H2,1-2H3/t11?,12-,15+/m1/s1. The van der Waals surface area contributed by atoms with Crippen molar-refractivity contribution in [1.82, 2.24) is 19.2 Å². The quantitative estimate of drug-likeness (QED) is 0.715. The van der Waals surface area contributed by atoms with E-state index in [1.54, 1.807) is 18.2 Å². The zero-order valence-corrected chi connectivity index (χ0v) is 16.5. The van der Waals surface area contributed by atoms with Crippen molar-refractivity contribution in [2.24, 2.45) is 5.92 Å². The lowest BCUT2D eigenvalue weighted by Crippen LogP contribution is -2.40. The van der Waals surface area contributed by atoms with E-state index in [1.165, 1.54) is 0 Å². The van der Waals surface area contributed by atoms with Gasteiger partial charge in [0.25, 0.3) is 0 Å². The Morgan fingerprint density at radius 2 is 2.04 bits per heavy atom. The number of aryl methyl sites for hydroxylation is 1. The van der Waals surface area contributed by atoms with Crippen LogP contribution in [0.3, 0.4) is 0 Å². The first-order valence-corrected chi connectivity index (χ1v) is 12.1. The van der Waals surface area contributed by atoms with E-state index < -0.39 is 25.5 Å². The first kappa shape index (κ1) is 18.3. The minimum Gasteiger partial charge on any atom is -0.339 e. The third-order valence-corrected chi connectivity index (χ3v) is 9.59. The van der Waals surface area contributed by atoms with E-state index in [9.17, 15) is 16.8 Å². The monoisotopic (exact) mass is 404 g/mol. The topological polar surface area (TPSA) is 122 Å². The number of hydrogen-bond donors (Lipinski definition) is 1. The molecule has 1 aliphatic heterocycles. The highest BCUT2D eigenvalue weighted by Gasteiger charge is 2.60. The Hall–Kier alpha value is -1.04. The summed E-state index contributed by atoms with van der Waals surface area (Å²) in [4.78, 5) is 4.38. The van der Waals surface area contributed by atoms with Crippen molar-refractivity contribution < 1.29 is 21.4 Å². The van der Waals surface area contributed by atoms with Crippen molar-refractivity contribution in [2.75, 3.05) is 18.8 Å². The molecule has 1 aromatic rings. The molecule has 3 aliphatic rings. The first-order chi connectivity index (χ1) is 12.2. The van der Waals surface area contributed by atoms with Gasteiger partial charge in [-0.25, -0.2) is 25.9 Å². The van der Waals surface area contributed by atoms with Crippen molar-refractivity contribution in [2.45, 2.75) is 56.2 Å². The molecule has 2 heterocycles. The van der Waals surface area contributed by atoms with E-state index in [-0.39, 0.29) is 29.5 Å². The number of fused-ring (bicyclic) bond motifs is 1. The van der Waals surface area contributed by atoms with E-state index in [0.717, 1.165) is 12.8 Å². The van der Waals surface area contributed by atoms with Gasteiger partial charge in [0.15, 0.2) is 5.82 Å². The summed E-state index contributed by atoms with van der Waals surface area (Å²) < 4.78 is 59.1. The van der Waals surface area contributed by atoms with Crippen LogP contribution in [-0.4, -0.2) is 61.4 Å². The molecule has 0 bridgehead atoms. The lowest BCUT2D eigenvalue weighted by molar-refractivity contribution is 0.259. The molecule has 146 valence electrons. The summed E-state index contributed by atoms with van der Waals surface area (Å²) in [5.74, 6) is 0.893. The predicted octanol–water partition coefficient (Wildman–Crippen LogP) is 0.142. The summed E-state index contributed by atoms with van der Waals surface area (Å²) in [6, 6.07) is -0.247. The van der Waals surface area contributed by atoms with Crippen LogP contribution in [0.1, 0.15) is 44.3 Å². The van der Waals surface area contributed by atoms with E-state index >= 15 is 0 Å². The fraction of sp³-hybridized carbons (Fsp3) is 0.867. The molecule has 9 nitrogen and oxygen atoms in total. The van der Waals surface area contributed by atoms with Gasteiger partial charge in [-0.2, -0.15) is 4.98 Å². The second-order valence-electron chi connectivity index (χ2n) is 7.69. The fourth-order valence-corrected chi connectivity index (χ4v) is 7.16. The van der Waals surface area contributed by atoms with Gasteiger partial charge in [0.1, 0.15) is 0 Å². The van der Waals surface area contributed by atoms with Crippen LogP contribution in [0, 0.1) is 12.8 Å². The van der Waals surface area contributed by atoms with E-state index in [2.05, 4.69) is 14.9 Å². The van der Waals surface area contributed by atoms with Crippen LogP contribution >= 0.6 is 0 Å². The van der Waals surface area contributed by atoms with Gasteiger partial charge in [-0.3, -0.25) is 0 Å². The van der Waals surface area contributed by atoms with Gasteiger partial charge in [-0.15, -0.1) is 0 Å². The Balaban J connectivity index is 1.64. The number of sulfonamides is 2. The van der Waals surface area contributed by atoms with Crippen molar-refractivity contribution in [3.05, 3.63) is 11.7 Å². The molecule has 4 rings (SSSR count). The summed E-state index contributed by atoms with van der Waals surface area (Å²) in [6.07, 6.45) is 2.47. The normalized spacial score (nSPS) is 32.8. The van der Waals surface area contributed by atoms with Gasteiger partial charge in [-0.05, 0) is 45.4 Å². The summed E-state index contributed by atoms with van der Waals surface area (Å²) in [6.45, 7) is 3.98. The van der Waals surface area contributed by atoms with Gasteiger partial charge < -0.3 is 4.52 Å². The largest absolute Gasteiger partial charge is 0.339 e. The third kappa shape index (κ3) is 2.98. The van der Waals surface area contributed by atoms with Crippen molar-refractivity contribution in [3.8, 4) is 0 Å². The maximum atomic E-state index is 12.7. The number of nitrogens with one attached hydrogen (secondary N) is 1. The molecule has 0 amide bonds. The molecule has 3 atom stereocenters. The number of rotatable bonds is 6. The van der Waals surface area contributed by atoms with Crippen LogP contribution in [0.2, 0.25) is 0 Å². The first-order valence-electron chi connectivity index (χ1n) is 8.96. The van der Waals surface area contributed by atoms with Gasteiger partial charge in [0.05, 0.1) is 16.4 Å². The smallest absolute Gasteiger partial charge is 0.234 e. The van der Waals surface area contributed by atoms with E-state index in [0.29, 0.717) is 31.1 Å². The van der Waals surface area contributed by atoms with Gasteiger partial charge in [-0.1, -0.05) is 5.16 Å². The highest BCUT2D eigenvalue weighted by atomic mass is 32.2. The molecule has 0 spiro atoms. The summed E-state index contributed by atoms with van der Waals surface area (Å²) in [5.41, 5.74) is -0.621. The lowest BCUT2D eigenvalue weighted by Gasteiger charge is -2.25. The number of nitrogens with zero attached hydrogens (tertiary/aromatic N) is 3. The minimum absolute atomic E-state index is 0.0169. The summed E-state index contributed by atoms with van der Waals surface area (Å²) >= 11 is 0. The maximum Gasteiger partial charge on any atom is 0.234 e. The Labute approximate surface area is 153 Å². The second kappa shape index (κ2) is 5.98. The average molecular weight is 405 g/mol. The molecule has 1 unspecified atom stereocenters. The molecule has 1 aromatic heterocycles. The van der Waals surface area contributed by atoms with E-state index in [1.807, 2.05) is 0 Å². The Kier molecular flexibility index (Phi) is 4.22. The Morgan fingerprint density at radius 3 is 2.62 bits per heavy atom. The molecule has 3 fully saturated rings. The summed E-state index contributed by atoms with van der Waals surface area (Å²) in [7, 11) is -6.63. The predicted molar refractivity (Wildman–Crippen MR) is 93.3 cm³/mol. The maximum absolute atomic E-state index is 12.7. The minimum atomic E-state index is -3.33. The molecule has 0 radical (unpaired) electrons. The number of aromatic nitrogens is 2. The fourth-order valence-electron chi connectivity index (χ4n) is 4.35. The highest BCUT2D eigenvalue weighted by molar-refractivity contribution is 7.90. The highest BCUT2D eigenvalue weighted by Crippen LogP contribution is 2.51. The molecular formula is C15H24N4O5S2. The van der Waals surface area contributed by atoms with Crippen LogP contribution < -0.4 is 4.72 Å². The van der Waals surface area contributed by atoms with Gasteiger partial charge >= 0.3 is 0 Å². The molecule has 1 N–H and O–H groups in total. The zero-order valence-electron chi connectivity index (χ0n) is 14.9. The Bertz CT molecular complexity index is 908. The third-order valence-electron chi connectivity index (χ3n) is 5.83. The van der Waals surface area contributed by atoms with Gasteiger partial charge in [0, 0.05) is 19.1 Å². The van der Waals surface area contributed by atoms with Gasteiger partial charge in [0.2, 0.25) is 25.9 Å². The van der Waals surface area contributed by atoms with E-state index in [4.69, 9.17) is 4.52 Å². The molecule has 11 heteroatoms. The SMILES string of the molecule is CCS(=O)(=O)N[C@@H]1CC2CN(S(=O)(=O)C3CC3)C[C@@]2(c2nc(C)no2)C1. The lowest BCUT2D eigenvalue weighted by atomic mass is 9.80. The molecule has 2 aliphatic carbocycles. The Morgan fingerprint density at radius 1 is 1.31 bits per heavy atom. The van der Waals surface area contributed by atoms with Crippen LogP contribution in [0.4, 0.5) is 0 Å². The molecule has 1 saturated heterocycles. The summed E-state index contributed by atoms with van der Waals surface area (Å²) in [5, 5.41) is 3.61. The molecule has 26 heavy (non-hydrogen) atoms. The number of hydrogen-bond acceptors (Lipinski definition) is 7. The second-order valence-corrected chi connectivity index (χ2v) is 12.0.